The van der Waals surface area contributed by atoms with E-state index in [1.54, 1.807) is 0 Å². The van der Waals surface area contributed by atoms with E-state index in [0.717, 1.165) is 12.0 Å². The summed E-state index contributed by atoms with van der Waals surface area (Å²) in [4.78, 5) is 0. The Kier molecular flexibility index (Phi) is 11.4. The highest BCUT2D eigenvalue weighted by Gasteiger charge is 2.38. The van der Waals surface area contributed by atoms with E-state index in [-0.39, 0.29) is 29.6 Å². The Balaban J connectivity index is 2.90. The van der Waals surface area contributed by atoms with Crippen LogP contribution in [0.1, 0.15) is 71.4 Å². The Morgan fingerprint density at radius 3 is 2.31 bits per heavy atom. The van der Waals surface area contributed by atoms with Gasteiger partial charge >= 0.3 is 0 Å². The number of hydrogen-bond acceptors (Lipinski definition) is 3. The molecule has 0 saturated heterocycles. The molecule has 0 heterocycles. The first-order valence-electron chi connectivity index (χ1n) is 11.3. The SMILES string of the molecule is C=C[C@H](CO[Si](C)(C)C(C)(C)C)[C@H](CCCCCC)N[C@@H](CO)c1ccccc1. The van der Waals surface area contributed by atoms with E-state index < -0.39 is 8.32 Å². The first-order chi connectivity index (χ1) is 13.7. The highest BCUT2D eigenvalue weighted by Crippen LogP contribution is 2.37. The second kappa shape index (κ2) is 12.7. The van der Waals surface area contributed by atoms with E-state index in [0.29, 0.717) is 6.61 Å². The van der Waals surface area contributed by atoms with E-state index in [1.165, 1.54) is 25.7 Å². The highest BCUT2D eigenvalue weighted by atomic mass is 28.4. The summed E-state index contributed by atoms with van der Waals surface area (Å²) in [5, 5.41) is 14.0. The molecule has 29 heavy (non-hydrogen) atoms. The van der Waals surface area contributed by atoms with Crippen molar-refractivity contribution in [3.8, 4) is 0 Å². The summed E-state index contributed by atoms with van der Waals surface area (Å²) < 4.78 is 6.54. The summed E-state index contributed by atoms with van der Waals surface area (Å²) in [5.41, 5.74) is 1.13. The molecular weight excluding hydrogens is 374 g/mol. The Morgan fingerprint density at radius 2 is 1.79 bits per heavy atom. The van der Waals surface area contributed by atoms with Gasteiger partial charge in [-0.1, -0.05) is 89.8 Å². The fourth-order valence-corrected chi connectivity index (χ4v) is 4.32. The number of hydrogen-bond donors (Lipinski definition) is 2. The third kappa shape index (κ3) is 8.75. The molecule has 0 saturated carbocycles. The van der Waals surface area contributed by atoms with Crippen LogP contribution in [0, 0.1) is 5.92 Å². The van der Waals surface area contributed by atoms with Crippen molar-refractivity contribution in [1.29, 1.82) is 0 Å². The molecule has 0 spiro atoms. The van der Waals surface area contributed by atoms with Crippen molar-refractivity contribution in [3.05, 3.63) is 48.6 Å². The zero-order chi connectivity index (χ0) is 21.9. The normalized spacial score (nSPS) is 15.7. The minimum atomic E-state index is -1.81. The average Bonchev–Trinajstić information content (AvgIpc) is 2.68. The zero-order valence-electron chi connectivity index (χ0n) is 19.7. The molecule has 1 rings (SSSR count). The van der Waals surface area contributed by atoms with Crippen LogP contribution in [0.5, 0.6) is 0 Å². The van der Waals surface area contributed by atoms with Crippen molar-refractivity contribution >= 4 is 8.32 Å². The number of benzene rings is 1. The van der Waals surface area contributed by atoms with Gasteiger partial charge in [0.15, 0.2) is 8.32 Å². The van der Waals surface area contributed by atoms with Gasteiger partial charge in [0.1, 0.15) is 0 Å². The zero-order valence-corrected chi connectivity index (χ0v) is 20.7. The van der Waals surface area contributed by atoms with Crippen molar-refractivity contribution in [3.63, 3.8) is 0 Å². The van der Waals surface area contributed by atoms with Gasteiger partial charge in [0.2, 0.25) is 0 Å². The number of nitrogens with one attached hydrogen (secondary N) is 1. The lowest BCUT2D eigenvalue weighted by Gasteiger charge is -2.38. The van der Waals surface area contributed by atoms with Crippen molar-refractivity contribution in [2.45, 2.75) is 90.0 Å². The Hall–Kier alpha value is -0.943. The molecule has 0 amide bonds. The van der Waals surface area contributed by atoms with E-state index in [2.05, 4.69) is 64.8 Å². The largest absolute Gasteiger partial charge is 0.416 e. The summed E-state index contributed by atoms with van der Waals surface area (Å²) in [5.74, 6) is 0.225. The topological polar surface area (TPSA) is 41.5 Å². The summed E-state index contributed by atoms with van der Waals surface area (Å²) in [6, 6.07) is 10.4. The Bertz CT molecular complexity index is 568. The Morgan fingerprint density at radius 1 is 1.14 bits per heavy atom. The van der Waals surface area contributed by atoms with Crippen molar-refractivity contribution in [2.75, 3.05) is 13.2 Å². The van der Waals surface area contributed by atoms with Crippen LogP contribution in [0.4, 0.5) is 0 Å². The average molecular weight is 420 g/mol. The standard InChI is InChI=1S/C25H45NO2Si/c1-8-10-11-15-18-23(26-24(19-27)22-16-13-12-14-17-22)21(9-2)20-28-29(6,7)25(3,4)5/h9,12-14,16-17,21,23-24,26-27H,2,8,10-11,15,18-20H2,1,3-7H3/t21-,23+,24+/m1/s1. The lowest BCUT2D eigenvalue weighted by Crippen LogP contribution is -2.45. The maximum atomic E-state index is 10.0. The number of rotatable bonds is 14. The molecule has 3 atom stereocenters. The van der Waals surface area contributed by atoms with E-state index >= 15 is 0 Å². The van der Waals surface area contributed by atoms with Crippen LogP contribution < -0.4 is 5.32 Å². The monoisotopic (exact) mass is 419 g/mol. The molecule has 0 unspecified atom stereocenters. The van der Waals surface area contributed by atoms with Gasteiger partial charge in [0.25, 0.3) is 0 Å². The lowest BCUT2D eigenvalue weighted by atomic mass is 9.93. The van der Waals surface area contributed by atoms with Gasteiger partial charge in [-0.3, -0.25) is 0 Å². The van der Waals surface area contributed by atoms with Gasteiger partial charge < -0.3 is 14.8 Å². The van der Waals surface area contributed by atoms with Gasteiger partial charge in [-0.25, -0.2) is 0 Å². The number of aliphatic hydroxyl groups excluding tert-OH is 1. The summed E-state index contributed by atoms with van der Waals surface area (Å²) in [6.07, 6.45) is 8.05. The molecule has 0 aromatic heterocycles. The molecular formula is C25H45NO2Si. The van der Waals surface area contributed by atoms with Crippen molar-refractivity contribution in [1.82, 2.24) is 5.32 Å². The summed E-state index contributed by atoms with van der Waals surface area (Å²) in [7, 11) is -1.81. The predicted octanol–water partition coefficient (Wildman–Crippen LogP) is 6.47. The molecule has 0 radical (unpaired) electrons. The molecule has 0 aliphatic rings. The molecule has 1 aromatic rings. The van der Waals surface area contributed by atoms with Crippen LogP contribution in [-0.4, -0.2) is 32.7 Å². The quantitative estimate of drug-likeness (QED) is 0.206. The summed E-state index contributed by atoms with van der Waals surface area (Å²) in [6.45, 7) is 18.6. The fourth-order valence-electron chi connectivity index (χ4n) is 3.28. The third-order valence-electron chi connectivity index (χ3n) is 6.43. The first kappa shape index (κ1) is 26.1. The smallest absolute Gasteiger partial charge is 0.192 e. The van der Waals surface area contributed by atoms with Crippen LogP contribution >= 0.6 is 0 Å². The van der Waals surface area contributed by atoms with E-state index in [1.807, 2.05) is 24.3 Å². The molecule has 0 aliphatic heterocycles. The Labute approximate surface area is 181 Å². The first-order valence-corrected chi connectivity index (χ1v) is 14.3. The minimum Gasteiger partial charge on any atom is -0.416 e. The van der Waals surface area contributed by atoms with Crippen LogP contribution in [-0.2, 0) is 4.43 Å². The van der Waals surface area contributed by atoms with E-state index in [4.69, 9.17) is 4.43 Å². The summed E-state index contributed by atoms with van der Waals surface area (Å²) >= 11 is 0. The maximum absolute atomic E-state index is 10.0. The van der Waals surface area contributed by atoms with Crippen LogP contribution in [0.25, 0.3) is 0 Å². The van der Waals surface area contributed by atoms with Crippen molar-refractivity contribution in [2.24, 2.45) is 5.92 Å². The highest BCUT2D eigenvalue weighted by molar-refractivity contribution is 6.74. The second-order valence-electron chi connectivity index (χ2n) is 9.74. The molecule has 0 fully saturated rings. The van der Waals surface area contributed by atoms with Crippen LogP contribution in [0.2, 0.25) is 18.1 Å². The molecule has 4 heteroatoms. The molecule has 3 nitrogen and oxygen atoms in total. The second-order valence-corrected chi connectivity index (χ2v) is 14.5. The number of aliphatic hydroxyl groups is 1. The van der Waals surface area contributed by atoms with Crippen molar-refractivity contribution < 1.29 is 9.53 Å². The van der Waals surface area contributed by atoms with E-state index in [9.17, 15) is 5.11 Å². The molecule has 2 N–H and O–H groups in total. The molecule has 0 bridgehead atoms. The fraction of sp³-hybridized carbons (Fsp3) is 0.680. The van der Waals surface area contributed by atoms with Gasteiger partial charge in [-0.05, 0) is 30.1 Å². The van der Waals surface area contributed by atoms with Gasteiger partial charge in [0.05, 0.1) is 12.6 Å². The van der Waals surface area contributed by atoms with Crippen LogP contribution in [0.3, 0.4) is 0 Å². The molecule has 166 valence electrons. The predicted molar refractivity (Wildman–Crippen MR) is 129 cm³/mol. The van der Waals surface area contributed by atoms with Gasteiger partial charge in [0, 0.05) is 18.6 Å². The third-order valence-corrected chi connectivity index (χ3v) is 10.9. The minimum absolute atomic E-state index is 0.0669. The van der Waals surface area contributed by atoms with Gasteiger partial charge in [-0.15, -0.1) is 6.58 Å². The number of unbranched alkanes of at least 4 members (excludes halogenated alkanes) is 3. The molecule has 0 aliphatic carbocycles. The lowest BCUT2D eigenvalue weighted by molar-refractivity contribution is 0.182. The maximum Gasteiger partial charge on any atom is 0.192 e. The molecule has 1 aromatic carbocycles. The van der Waals surface area contributed by atoms with Gasteiger partial charge in [-0.2, -0.15) is 0 Å². The van der Waals surface area contributed by atoms with Crippen LogP contribution in [0.15, 0.2) is 43.0 Å².